The van der Waals surface area contributed by atoms with E-state index in [1.165, 1.54) is 12.8 Å². The van der Waals surface area contributed by atoms with Crippen molar-refractivity contribution in [3.05, 3.63) is 35.2 Å². The standard InChI is InChI=1S/C19H25ClN4O2/c20-16-3-1-2-15(14-16)19-21-18(26-22-19)4-7-23-8-10-24(11-9-23)17-5-12-25-13-6-17/h1-3,14,17H,4-13H2. The molecule has 6 nitrogen and oxygen atoms in total. The number of rotatable bonds is 5. The van der Waals surface area contributed by atoms with Gasteiger partial charge in [-0.25, -0.2) is 0 Å². The predicted molar refractivity (Wildman–Crippen MR) is 100 cm³/mol. The van der Waals surface area contributed by atoms with Crippen LogP contribution in [0.4, 0.5) is 0 Å². The van der Waals surface area contributed by atoms with E-state index in [0.29, 0.717) is 22.8 Å². The number of aromatic nitrogens is 2. The monoisotopic (exact) mass is 376 g/mol. The first-order chi connectivity index (χ1) is 12.8. The molecule has 0 N–H and O–H groups in total. The maximum atomic E-state index is 6.03. The molecule has 2 fully saturated rings. The van der Waals surface area contributed by atoms with Gasteiger partial charge in [-0.3, -0.25) is 4.90 Å². The fraction of sp³-hybridized carbons (Fsp3) is 0.579. The predicted octanol–water partition coefficient (Wildman–Crippen LogP) is 2.73. The quantitative estimate of drug-likeness (QED) is 0.799. The molecule has 140 valence electrons. The van der Waals surface area contributed by atoms with E-state index in [0.717, 1.165) is 57.9 Å². The smallest absolute Gasteiger partial charge is 0.228 e. The molecule has 4 rings (SSSR count). The van der Waals surface area contributed by atoms with Crippen LogP contribution >= 0.6 is 11.6 Å². The van der Waals surface area contributed by atoms with Crippen LogP contribution in [0.1, 0.15) is 18.7 Å². The molecule has 7 heteroatoms. The van der Waals surface area contributed by atoms with Crippen LogP contribution in [-0.2, 0) is 11.2 Å². The largest absolute Gasteiger partial charge is 0.381 e. The summed E-state index contributed by atoms with van der Waals surface area (Å²) in [5, 5.41) is 4.76. The maximum absolute atomic E-state index is 6.03. The van der Waals surface area contributed by atoms with E-state index in [-0.39, 0.29) is 0 Å². The third-order valence-corrected chi connectivity index (χ3v) is 5.54. The molecule has 0 bridgehead atoms. The third kappa shape index (κ3) is 4.43. The maximum Gasteiger partial charge on any atom is 0.228 e. The van der Waals surface area contributed by atoms with Gasteiger partial charge in [0.1, 0.15) is 0 Å². The van der Waals surface area contributed by atoms with Crippen molar-refractivity contribution >= 4 is 11.6 Å². The summed E-state index contributed by atoms with van der Waals surface area (Å²) in [6, 6.07) is 8.24. The zero-order valence-electron chi connectivity index (χ0n) is 14.9. The summed E-state index contributed by atoms with van der Waals surface area (Å²) in [4.78, 5) is 9.62. The van der Waals surface area contributed by atoms with Gasteiger partial charge in [0.25, 0.3) is 0 Å². The summed E-state index contributed by atoms with van der Waals surface area (Å²) in [7, 11) is 0. The van der Waals surface area contributed by atoms with Crippen LogP contribution in [-0.4, -0.2) is 71.9 Å². The summed E-state index contributed by atoms with van der Waals surface area (Å²) in [5.41, 5.74) is 0.887. The summed E-state index contributed by atoms with van der Waals surface area (Å²) in [6.45, 7) is 7.27. The van der Waals surface area contributed by atoms with Crippen molar-refractivity contribution in [2.45, 2.75) is 25.3 Å². The number of hydrogen-bond donors (Lipinski definition) is 0. The zero-order valence-corrected chi connectivity index (χ0v) is 15.7. The third-order valence-electron chi connectivity index (χ3n) is 5.31. The van der Waals surface area contributed by atoms with E-state index in [9.17, 15) is 0 Å². The minimum Gasteiger partial charge on any atom is -0.381 e. The van der Waals surface area contributed by atoms with Gasteiger partial charge >= 0.3 is 0 Å². The lowest BCUT2D eigenvalue weighted by atomic mass is 10.1. The molecule has 2 aliphatic rings. The first-order valence-electron chi connectivity index (χ1n) is 9.40. The Balaban J connectivity index is 1.25. The van der Waals surface area contributed by atoms with Gasteiger partial charge in [0.05, 0.1) is 0 Å². The number of piperazine rings is 1. The molecular weight excluding hydrogens is 352 g/mol. The lowest BCUT2D eigenvalue weighted by molar-refractivity contribution is 0.0137. The normalized spacial score (nSPS) is 20.5. The molecule has 2 aromatic rings. The average molecular weight is 377 g/mol. The van der Waals surface area contributed by atoms with Crippen molar-refractivity contribution in [2.75, 3.05) is 45.9 Å². The first-order valence-corrected chi connectivity index (χ1v) is 9.78. The molecule has 0 unspecified atom stereocenters. The van der Waals surface area contributed by atoms with Crippen LogP contribution in [0, 0.1) is 0 Å². The van der Waals surface area contributed by atoms with Crippen molar-refractivity contribution in [3.8, 4) is 11.4 Å². The molecular formula is C19H25ClN4O2. The molecule has 2 saturated heterocycles. The average Bonchev–Trinajstić information content (AvgIpc) is 3.17. The van der Waals surface area contributed by atoms with Crippen LogP contribution in [0.15, 0.2) is 28.8 Å². The van der Waals surface area contributed by atoms with Crippen LogP contribution in [0.3, 0.4) is 0 Å². The zero-order chi connectivity index (χ0) is 17.8. The second-order valence-electron chi connectivity index (χ2n) is 6.99. The first kappa shape index (κ1) is 17.9. The molecule has 26 heavy (non-hydrogen) atoms. The van der Waals surface area contributed by atoms with Crippen molar-refractivity contribution < 1.29 is 9.26 Å². The number of nitrogens with zero attached hydrogens (tertiary/aromatic N) is 4. The Kier molecular flexibility index (Phi) is 5.84. The summed E-state index contributed by atoms with van der Waals surface area (Å²) < 4.78 is 10.9. The van der Waals surface area contributed by atoms with E-state index >= 15 is 0 Å². The highest BCUT2D eigenvalue weighted by atomic mass is 35.5. The highest BCUT2D eigenvalue weighted by Gasteiger charge is 2.25. The molecule has 2 aliphatic heterocycles. The molecule has 0 saturated carbocycles. The van der Waals surface area contributed by atoms with Crippen molar-refractivity contribution in [3.63, 3.8) is 0 Å². The number of benzene rings is 1. The summed E-state index contributed by atoms with van der Waals surface area (Å²) in [5.74, 6) is 1.29. The lowest BCUT2D eigenvalue weighted by Crippen LogP contribution is -2.51. The Bertz CT molecular complexity index is 709. The number of halogens is 1. The van der Waals surface area contributed by atoms with Crippen molar-refractivity contribution in [2.24, 2.45) is 0 Å². The molecule has 0 atom stereocenters. The van der Waals surface area contributed by atoms with E-state index < -0.39 is 0 Å². The van der Waals surface area contributed by atoms with Crippen molar-refractivity contribution in [1.82, 2.24) is 19.9 Å². The SMILES string of the molecule is Clc1cccc(-c2noc(CCN3CCN(C4CCOCC4)CC3)n2)c1. The van der Waals surface area contributed by atoms with Gasteiger partial charge in [-0.2, -0.15) is 4.98 Å². The molecule has 3 heterocycles. The topological polar surface area (TPSA) is 54.6 Å². The van der Waals surface area contributed by atoms with Crippen LogP contribution in [0.5, 0.6) is 0 Å². The molecule has 0 amide bonds. The van der Waals surface area contributed by atoms with Gasteiger partial charge in [0.2, 0.25) is 11.7 Å². The molecule has 1 aromatic heterocycles. The Morgan fingerprint density at radius 1 is 1.12 bits per heavy atom. The van der Waals surface area contributed by atoms with E-state index in [1.807, 2.05) is 24.3 Å². The molecule has 0 spiro atoms. The fourth-order valence-corrected chi connectivity index (χ4v) is 3.95. The second kappa shape index (κ2) is 8.48. The Hall–Kier alpha value is -1.47. The van der Waals surface area contributed by atoms with E-state index in [1.54, 1.807) is 0 Å². The minimum atomic E-state index is 0.604. The summed E-state index contributed by atoms with van der Waals surface area (Å²) in [6.07, 6.45) is 3.13. The van der Waals surface area contributed by atoms with Gasteiger partial charge in [-0.05, 0) is 25.0 Å². The van der Waals surface area contributed by atoms with Crippen LogP contribution < -0.4 is 0 Å². The fourth-order valence-electron chi connectivity index (χ4n) is 3.76. The van der Waals surface area contributed by atoms with Gasteiger partial charge in [0, 0.05) is 69.0 Å². The Labute approximate surface area is 159 Å². The van der Waals surface area contributed by atoms with Crippen LogP contribution in [0.2, 0.25) is 5.02 Å². The van der Waals surface area contributed by atoms with Crippen molar-refractivity contribution in [1.29, 1.82) is 0 Å². The van der Waals surface area contributed by atoms with Gasteiger partial charge < -0.3 is 14.2 Å². The van der Waals surface area contributed by atoms with Crippen LogP contribution in [0.25, 0.3) is 11.4 Å². The second-order valence-corrected chi connectivity index (χ2v) is 7.43. The highest BCUT2D eigenvalue weighted by molar-refractivity contribution is 6.30. The minimum absolute atomic E-state index is 0.604. The Morgan fingerprint density at radius 2 is 1.92 bits per heavy atom. The van der Waals surface area contributed by atoms with E-state index in [4.69, 9.17) is 20.9 Å². The lowest BCUT2D eigenvalue weighted by Gasteiger charge is -2.40. The van der Waals surface area contributed by atoms with Gasteiger partial charge in [-0.15, -0.1) is 0 Å². The highest BCUT2D eigenvalue weighted by Crippen LogP contribution is 2.20. The Morgan fingerprint density at radius 3 is 2.69 bits per heavy atom. The van der Waals surface area contributed by atoms with Gasteiger partial charge in [0.15, 0.2) is 0 Å². The number of hydrogen-bond acceptors (Lipinski definition) is 6. The van der Waals surface area contributed by atoms with Gasteiger partial charge in [-0.1, -0.05) is 28.9 Å². The number of ether oxygens (including phenoxy) is 1. The van der Waals surface area contributed by atoms with E-state index in [2.05, 4.69) is 19.9 Å². The summed E-state index contributed by atoms with van der Waals surface area (Å²) >= 11 is 6.03. The molecule has 0 aliphatic carbocycles. The molecule has 0 radical (unpaired) electrons. The molecule has 1 aromatic carbocycles.